The molecule has 3 heterocycles. The number of H-pyrrole nitrogens is 1. The minimum atomic E-state index is -0.191. The van der Waals surface area contributed by atoms with Crippen molar-refractivity contribution in [1.82, 2.24) is 20.0 Å². The van der Waals surface area contributed by atoms with Gasteiger partial charge in [-0.15, -0.1) is 0 Å². The molecule has 1 aliphatic rings. The lowest BCUT2D eigenvalue weighted by atomic mass is 10.1. The number of nitrogens with one attached hydrogen (secondary N) is 2. The monoisotopic (exact) mass is 369 g/mol. The minimum Gasteiger partial charge on any atom is -0.339 e. The van der Waals surface area contributed by atoms with Gasteiger partial charge in [0.1, 0.15) is 0 Å². The molecule has 0 unspecified atom stereocenters. The summed E-state index contributed by atoms with van der Waals surface area (Å²) in [6.07, 6.45) is 0. The molecule has 0 saturated carbocycles. The number of hydrogen-bond donors (Lipinski definition) is 2. The Hall–Kier alpha value is -2.87. The average molecular weight is 369 g/mol. The molecule has 134 valence electrons. The molecule has 0 aliphatic carbocycles. The van der Waals surface area contributed by atoms with E-state index in [1.54, 1.807) is 28.1 Å². The third-order valence-electron chi connectivity index (χ3n) is 4.65. The van der Waals surface area contributed by atoms with Crippen molar-refractivity contribution in [3.05, 3.63) is 35.0 Å². The topological polar surface area (TPSA) is 81.3 Å². The highest BCUT2D eigenvalue weighted by atomic mass is 32.1. The number of thiophene rings is 1. The molecule has 0 spiro atoms. The fourth-order valence-corrected chi connectivity index (χ4v) is 3.79. The highest BCUT2D eigenvalue weighted by Crippen LogP contribution is 2.28. The molecule has 0 radical (unpaired) electrons. The number of fused-ring (bicyclic) bond motifs is 1. The molecular formula is C18H19N5O2S. The van der Waals surface area contributed by atoms with E-state index in [0.717, 1.165) is 16.5 Å². The van der Waals surface area contributed by atoms with Gasteiger partial charge in [-0.25, -0.2) is 4.79 Å². The van der Waals surface area contributed by atoms with Crippen LogP contribution in [0.15, 0.2) is 35.0 Å². The first-order chi connectivity index (χ1) is 12.6. The van der Waals surface area contributed by atoms with Crippen LogP contribution in [0.5, 0.6) is 0 Å². The molecule has 8 heteroatoms. The molecule has 1 aliphatic heterocycles. The molecule has 2 aromatic heterocycles. The van der Waals surface area contributed by atoms with Crippen molar-refractivity contribution in [2.75, 3.05) is 31.5 Å². The van der Waals surface area contributed by atoms with Gasteiger partial charge in [0.25, 0.3) is 0 Å². The number of hydrogen-bond acceptors (Lipinski definition) is 4. The molecule has 0 atom stereocenters. The molecule has 3 amide bonds. The van der Waals surface area contributed by atoms with Crippen molar-refractivity contribution in [3.8, 4) is 11.1 Å². The van der Waals surface area contributed by atoms with Gasteiger partial charge in [0.05, 0.1) is 5.52 Å². The zero-order valence-corrected chi connectivity index (χ0v) is 15.2. The number of carbonyl (C=O) groups is 2. The van der Waals surface area contributed by atoms with Crippen LogP contribution < -0.4 is 5.32 Å². The lowest BCUT2D eigenvalue weighted by Crippen LogP contribution is -2.51. The third kappa shape index (κ3) is 3.15. The Morgan fingerprint density at radius 3 is 2.58 bits per heavy atom. The predicted octanol–water partition coefficient (Wildman–Crippen LogP) is 2.99. The van der Waals surface area contributed by atoms with E-state index in [9.17, 15) is 9.59 Å². The van der Waals surface area contributed by atoms with Gasteiger partial charge in [0.2, 0.25) is 5.91 Å². The second-order valence-corrected chi connectivity index (χ2v) is 7.05. The summed E-state index contributed by atoms with van der Waals surface area (Å²) < 4.78 is 0. The normalized spacial score (nSPS) is 14.7. The van der Waals surface area contributed by atoms with Crippen LogP contribution in [0.2, 0.25) is 0 Å². The van der Waals surface area contributed by atoms with Crippen molar-refractivity contribution >= 4 is 40.0 Å². The molecule has 1 aromatic carbocycles. The fraction of sp³-hybridized carbons (Fsp3) is 0.278. The zero-order valence-electron chi connectivity index (χ0n) is 14.4. The van der Waals surface area contributed by atoms with Gasteiger partial charge in [-0.1, -0.05) is 6.07 Å². The number of aromatic nitrogens is 2. The molecule has 4 rings (SSSR count). The maximum atomic E-state index is 12.5. The van der Waals surface area contributed by atoms with Crippen molar-refractivity contribution < 1.29 is 9.59 Å². The summed E-state index contributed by atoms with van der Waals surface area (Å²) in [5.41, 5.74) is 3.16. The Morgan fingerprint density at radius 1 is 1.12 bits per heavy atom. The van der Waals surface area contributed by atoms with Crippen molar-refractivity contribution in [2.24, 2.45) is 0 Å². The lowest BCUT2D eigenvalue weighted by Gasteiger charge is -2.33. The van der Waals surface area contributed by atoms with Gasteiger partial charge >= 0.3 is 6.03 Å². The smallest absolute Gasteiger partial charge is 0.323 e. The summed E-state index contributed by atoms with van der Waals surface area (Å²) in [6, 6.07) is 7.91. The number of aromatic amines is 1. The minimum absolute atomic E-state index is 0.0461. The molecule has 2 N–H and O–H groups in total. The Morgan fingerprint density at radius 2 is 1.88 bits per heavy atom. The first-order valence-corrected chi connectivity index (χ1v) is 9.38. The summed E-state index contributed by atoms with van der Waals surface area (Å²) in [5.74, 6) is 0.570. The first-order valence-electron chi connectivity index (χ1n) is 8.44. The highest BCUT2D eigenvalue weighted by Gasteiger charge is 2.23. The molecule has 1 saturated heterocycles. The Kier molecular flexibility index (Phi) is 4.34. The molecule has 7 nitrogen and oxygen atoms in total. The SMILES string of the molecule is CC(=O)N1CCN(C(=O)Nc2n[nH]c3cc(-c4ccsc4)ccc23)CC1. The van der Waals surface area contributed by atoms with Gasteiger partial charge in [0, 0.05) is 38.5 Å². The number of benzene rings is 1. The van der Waals surface area contributed by atoms with Crippen LogP contribution in [0, 0.1) is 0 Å². The quantitative estimate of drug-likeness (QED) is 0.729. The van der Waals surface area contributed by atoms with E-state index in [4.69, 9.17) is 0 Å². The number of amides is 3. The zero-order chi connectivity index (χ0) is 18.1. The number of anilines is 1. The summed E-state index contributed by atoms with van der Waals surface area (Å²) in [4.78, 5) is 27.3. The summed E-state index contributed by atoms with van der Waals surface area (Å²) in [7, 11) is 0. The molecule has 0 bridgehead atoms. The van der Waals surface area contributed by atoms with E-state index < -0.39 is 0 Å². The van der Waals surface area contributed by atoms with E-state index >= 15 is 0 Å². The highest BCUT2D eigenvalue weighted by molar-refractivity contribution is 7.08. The molecule has 3 aromatic rings. The fourth-order valence-electron chi connectivity index (χ4n) is 3.13. The Bertz CT molecular complexity index is 942. The van der Waals surface area contributed by atoms with Gasteiger partial charge in [0.15, 0.2) is 5.82 Å². The van der Waals surface area contributed by atoms with Gasteiger partial charge in [-0.05, 0) is 40.1 Å². The van der Waals surface area contributed by atoms with Crippen molar-refractivity contribution in [1.29, 1.82) is 0 Å². The predicted molar refractivity (Wildman–Crippen MR) is 102 cm³/mol. The van der Waals surface area contributed by atoms with E-state index in [1.807, 2.05) is 23.6 Å². The summed E-state index contributed by atoms with van der Waals surface area (Å²) in [5, 5.41) is 15.1. The number of nitrogens with zero attached hydrogens (tertiary/aromatic N) is 3. The average Bonchev–Trinajstić information content (AvgIpc) is 3.32. The van der Waals surface area contributed by atoms with E-state index in [0.29, 0.717) is 32.0 Å². The second kappa shape index (κ2) is 6.80. The van der Waals surface area contributed by atoms with Crippen LogP contribution >= 0.6 is 11.3 Å². The van der Waals surface area contributed by atoms with E-state index in [2.05, 4.69) is 27.0 Å². The molecule has 26 heavy (non-hydrogen) atoms. The van der Waals surface area contributed by atoms with Gasteiger partial charge < -0.3 is 9.80 Å². The summed E-state index contributed by atoms with van der Waals surface area (Å²) >= 11 is 1.66. The molecule has 1 fully saturated rings. The maximum absolute atomic E-state index is 12.5. The van der Waals surface area contributed by atoms with E-state index in [-0.39, 0.29) is 11.9 Å². The van der Waals surface area contributed by atoms with Gasteiger partial charge in [-0.2, -0.15) is 16.4 Å². The number of carbonyl (C=O) groups excluding carboxylic acids is 2. The Balaban J connectivity index is 1.47. The lowest BCUT2D eigenvalue weighted by molar-refractivity contribution is -0.130. The largest absolute Gasteiger partial charge is 0.339 e. The Labute approximate surface area is 154 Å². The number of piperazine rings is 1. The van der Waals surface area contributed by atoms with Crippen LogP contribution in [0.1, 0.15) is 6.92 Å². The summed E-state index contributed by atoms with van der Waals surface area (Å²) in [6.45, 7) is 3.73. The van der Waals surface area contributed by atoms with Crippen LogP contribution in [0.25, 0.3) is 22.0 Å². The molecular weight excluding hydrogens is 350 g/mol. The number of urea groups is 1. The van der Waals surface area contributed by atoms with Crippen LogP contribution in [0.3, 0.4) is 0 Å². The third-order valence-corrected chi connectivity index (χ3v) is 5.34. The second-order valence-electron chi connectivity index (χ2n) is 6.27. The number of rotatable bonds is 2. The van der Waals surface area contributed by atoms with Crippen molar-refractivity contribution in [2.45, 2.75) is 6.92 Å². The van der Waals surface area contributed by atoms with Crippen LogP contribution in [-0.2, 0) is 4.79 Å². The standard InChI is InChI=1S/C18H19N5O2S/c1-12(24)22-5-7-23(8-6-22)18(25)19-17-15-3-2-13(10-16(15)20-21-17)14-4-9-26-11-14/h2-4,9-11H,5-8H2,1H3,(H2,19,20,21,25). The van der Waals surface area contributed by atoms with Crippen LogP contribution in [-0.4, -0.2) is 58.1 Å². The van der Waals surface area contributed by atoms with Gasteiger partial charge in [-0.3, -0.25) is 15.2 Å². The first kappa shape index (κ1) is 16.6. The maximum Gasteiger partial charge on any atom is 0.323 e. The van der Waals surface area contributed by atoms with Crippen LogP contribution in [0.4, 0.5) is 10.6 Å². The van der Waals surface area contributed by atoms with E-state index in [1.165, 1.54) is 5.56 Å². The van der Waals surface area contributed by atoms with Crippen molar-refractivity contribution in [3.63, 3.8) is 0 Å².